The number of carbonyl (C=O) groups excluding carboxylic acids is 3. The lowest BCUT2D eigenvalue weighted by Crippen LogP contribution is -2.70. The normalized spacial score (nSPS) is 18.5. The second-order valence-corrected chi connectivity index (χ2v) is 13.1. The van der Waals surface area contributed by atoms with Crippen LogP contribution in [0.15, 0.2) is 63.8 Å². The zero-order chi connectivity index (χ0) is 30.6. The molecule has 2 aliphatic heterocycles. The van der Waals surface area contributed by atoms with E-state index in [0.29, 0.717) is 32.0 Å². The van der Waals surface area contributed by atoms with Gasteiger partial charge in [-0.05, 0) is 23.8 Å². The van der Waals surface area contributed by atoms with Crippen molar-refractivity contribution < 1.29 is 38.8 Å². The van der Waals surface area contributed by atoms with Crippen molar-refractivity contribution in [2.45, 2.75) is 34.2 Å². The van der Waals surface area contributed by atoms with Crippen LogP contribution in [0.4, 0.5) is 0 Å². The third-order valence-corrected chi connectivity index (χ3v) is 10.5. The van der Waals surface area contributed by atoms with Crippen LogP contribution in [-0.4, -0.2) is 80.0 Å². The Bertz CT molecular complexity index is 1460. The number of aromatic nitrogens is 1. The minimum atomic E-state index is -1.22. The molecule has 4 N–H and O–H groups in total. The number of aliphatic carboxylic acids is 2. The van der Waals surface area contributed by atoms with Crippen molar-refractivity contribution in [3.63, 3.8) is 0 Å². The molecule has 1 unspecified atom stereocenters. The van der Waals surface area contributed by atoms with E-state index in [1.54, 1.807) is 54.2 Å². The van der Waals surface area contributed by atoms with Crippen LogP contribution in [0.2, 0.25) is 10.0 Å². The molecule has 1 fully saturated rings. The molecule has 42 heavy (non-hydrogen) atoms. The van der Waals surface area contributed by atoms with Gasteiger partial charge in [-0.15, -0.1) is 35.3 Å². The number of thioether (sulfide) groups is 3. The highest BCUT2D eigenvalue weighted by atomic mass is 35.5. The summed E-state index contributed by atoms with van der Waals surface area (Å²) < 4.78 is 1.62. The molecule has 0 saturated carbocycles. The summed E-state index contributed by atoms with van der Waals surface area (Å²) in [6.07, 6.45) is 3.35. The van der Waals surface area contributed by atoms with Gasteiger partial charge in [0.1, 0.15) is 23.7 Å². The number of carbonyl (C=O) groups is 5. The average Bonchev–Trinajstić information content (AvgIpc) is 2.97. The maximum absolute atomic E-state index is 13.0. The van der Waals surface area contributed by atoms with Crippen LogP contribution in [0.1, 0.15) is 13.0 Å². The van der Waals surface area contributed by atoms with E-state index in [0.717, 1.165) is 4.90 Å². The van der Waals surface area contributed by atoms with Crippen LogP contribution in [0.25, 0.3) is 0 Å². The molecule has 222 valence electrons. The van der Waals surface area contributed by atoms with Gasteiger partial charge in [-0.25, -0.2) is 4.79 Å². The van der Waals surface area contributed by atoms with Gasteiger partial charge in [-0.1, -0.05) is 23.2 Å². The summed E-state index contributed by atoms with van der Waals surface area (Å²) >= 11 is 16.1. The van der Waals surface area contributed by atoms with Gasteiger partial charge in [0.05, 0.1) is 10.8 Å². The first-order valence-corrected chi connectivity index (χ1v) is 16.1. The maximum Gasteiger partial charge on any atom is 0.352 e. The Labute approximate surface area is 263 Å². The van der Waals surface area contributed by atoms with E-state index in [9.17, 15) is 29.1 Å². The Balaban J connectivity index is 1.34. The standard InChI is InChI=1S/C26H24Cl2N4O7S3/c1-13(23(36)29-9-20(34)35)31-6-4-16(5-7-31)40-10-14-11-42-25-21(24(37)32(25)22(14)26(38)39)30-19(33)12-41-18-8-15(27)2-3-17(18)28/h2-8,13,21,25H,9-12H2,1H3,(H3-,29,30,33,34,35,36,38,39)/p+1/t13?,21-,25+/m0/s1. The van der Waals surface area contributed by atoms with Crippen LogP contribution in [0.3, 0.4) is 0 Å². The third kappa shape index (κ3) is 7.53. The molecule has 2 aliphatic rings. The molecule has 16 heteroatoms. The van der Waals surface area contributed by atoms with Crippen molar-refractivity contribution in [2.75, 3.05) is 23.8 Å². The average molecular weight is 673 g/mol. The number of nitrogens with zero attached hydrogens (tertiary/aromatic N) is 2. The molecule has 3 amide bonds. The number of β-lactam (4-membered cyclic amide) rings is 1. The molecule has 0 bridgehead atoms. The fourth-order valence-corrected chi connectivity index (χ4v) is 7.81. The van der Waals surface area contributed by atoms with Gasteiger partial charge in [0.25, 0.3) is 11.8 Å². The Morgan fingerprint density at radius 1 is 1.14 bits per heavy atom. The van der Waals surface area contributed by atoms with Gasteiger partial charge in [-0.3, -0.25) is 24.1 Å². The van der Waals surface area contributed by atoms with Crippen molar-refractivity contribution in [3.05, 3.63) is 64.0 Å². The first kappa shape index (κ1) is 32.0. The van der Waals surface area contributed by atoms with Crippen molar-refractivity contribution in [3.8, 4) is 0 Å². The van der Waals surface area contributed by atoms with E-state index in [1.807, 2.05) is 0 Å². The Morgan fingerprint density at radius 3 is 2.52 bits per heavy atom. The minimum absolute atomic E-state index is 0.00755. The highest BCUT2D eigenvalue weighted by molar-refractivity contribution is 8.01. The smallest absolute Gasteiger partial charge is 0.352 e. The van der Waals surface area contributed by atoms with Crippen molar-refractivity contribution >= 4 is 88.1 Å². The van der Waals surface area contributed by atoms with Crippen LogP contribution in [0.5, 0.6) is 0 Å². The van der Waals surface area contributed by atoms with E-state index in [1.165, 1.54) is 40.2 Å². The molecular weight excluding hydrogens is 647 g/mol. The summed E-state index contributed by atoms with van der Waals surface area (Å²) in [4.78, 5) is 63.2. The number of carboxylic acids is 2. The maximum atomic E-state index is 13.0. The summed E-state index contributed by atoms with van der Waals surface area (Å²) in [7, 11) is 0. The van der Waals surface area contributed by atoms with Gasteiger partial charge in [0.2, 0.25) is 11.9 Å². The fraction of sp³-hybridized carbons (Fsp3) is 0.308. The van der Waals surface area contributed by atoms with Crippen LogP contribution in [0, 0.1) is 0 Å². The first-order valence-electron chi connectivity index (χ1n) is 12.4. The number of benzene rings is 1. The van der Waals surface area contributed by atoms with Crippen molar-refractivity contribution in [1.29, 1.82) is 0 Å². The lowest BCUT2D eigenvalue weighted by molar-refractivity contribution is -0.706. The summed E-state index contributed by atoms with van der Waals surface area (Å²) in [6, 6.07) is 6.99. The number of hydrogen-bond donors (Lipinski definition) is 4. The lowest BCUT2D eigenvalue weighted by atomic mass is 10.0. The van der Waals surface area contributed by atoms with Gasteiger partial charge < -0.3 is 20.8 Å². The van der Waals surface area contributed by atoms with Crippen molar-refractivity contribution in [1.82, 2.24) is 15.5 Å². The molecule has 0 spiro atoms. The van der Waals surface area contributed by atoms with Crippen LogP contribution < -0.4 is 15.2 Å². The molecule has 1 aromatic heterocycles. The number of halogens is 2. The van der Waals surface area contributed by atoms with Crippen LogP contribution >= 0.6 is 58.5 Å². The molecule has 4 rings (SSSR count). The summed E-state index contributed by atoms with van der Waals surface area (Å²) in [5.41, 5.74) is 0.507. The predicted octanol–water partition coefficient (Wildman–Crippen LogP) is 2.67. The molecule has 3 atom stereocenters. The van der Waals surface area contributed by atoms with E-state index in [4.69, 9.17) is 28.3 Å². The number of nitrogens with one attached hydrogen (secondary N) is 2. The minimum Gasteiger partial charge on any atom is -0.480 e. The van der Waals surface area contributed by atoms with Gasteiger partial charge in [0, 0.05) is 45.4 Å². The Morgan fingerprint density at radius 2 is 1.86 bits per heavy atom. The van der Waals surface area contributed by atoms with Gasteiger partial charge in [0.15, 0.2) is 12.4 Å². The topological polar surface area (TPSA) is 157 Å². The predicted molar refractivity (Wildman–Crippen MR) is 160 cm³/mol. The number of carboxylic acid groups (broad SMARTS) is 2. The summed E-state index contributed by atoms with van der Waals surface area (Å²) in [5, 5.41) is 24.1. The highest BCUT2D eigenvalue weighted by Crippen LogP contribution is 2.41. The number of fused-ring (bicyclic) bond motifs is 1. The fourth-order valence-electron chi connectivity index (χ4n) is 4.14. The van der Waals surface area contributed by atoms with E-state index >= 15 is 0 Å². The lowest BCUT2D eigenvalue weighted by Gasteiger charge is -2.49. The van der Waals surface area contributed by atoms with Crippen LogP contribution in [-0.2, 0) is 24.0 Å². The molecule has 0 aliphatic carbocycles. The van der Waals surface area contributed by atoms with Crippen molar-refractivity contribution in [2.24, 2.45) is 0 Å². The van der Waals surface area contributed by atoms with Gasteiger partial charge in [-0.2, -0.15) is 4.57 Å². The summed E-state index contributed by atoms with van der Waals surface area (Å²) in [6.45, 7) is 1.17. The zero-order valence-corrected chi connectivity index (χ0v) is 25.9. The summed E-state index contributed by atoms with van der Waals surface area (Å²) in [5.74, 6) is -2.96. The zero-order valence-electron chi connectivity index (χ0n) is 21.9. The number of hydrogen-bond acceptors (Lipinski definition) is 8. The number of pyridine rings is 1. The second-order valence-electron chi connectivity index (χ2n) is 9.13. The van der Waals surface area contributed by atoms with E-state index in [2.05, 4.69) is 10.6 Å². The monoisotopic (exact) mass is 671 g/mol. The number of amides is 3. The molecule has 11 nitrogen and oxygen atoms in total. The molecule has 0 radical (unpaired) electrons. The largest absolute Gasteiger partial charge is 0.480 e. The molecule has 3 heterocycles. The Hall–Kier alpha value is -2.91. The third-order valence-electron chi connectivity index (χ3n) is 6.29. The second kappa shape index (κ2) is 14.0. The SMILES string of the molecule is CC(C(=O)NCC(=O)O)[n+]1ccc(SCC2=C(C(=O)O)N3C(=O)[C@H](NC(=O)CSc4cc(Cl)ccc4Cl)[C@H]3SC2)cc1. The van der Waals surface area contributed by atoms with Gasteiger partial charge >= 0.3 is 11.9 Å². The number of rotatable bonds is 12. The molecule has 1 aromatic carbocycles. The quantitative estimate of drug-likeness (QED) is 0.150. The molecule has 1 saturated heterocycles. The first-order chi connectivity index (χ1) is 20.0. The molecule has 2 aromatic rings. The van der Waals surface area contributed by atoms with E-state index < -0.39 is 47.8 Å². The highest BCUT2D eigenvalue weighted by Gasteiger charge is 2.54. The Kier molecular flexibility index (Phi) is 10.7. The van der Waals surface area contributed by atoms with E-state index in [-0.39, 0.29) is 17.4 Å². The molecular formula is C26H25Cl2N4O7S3+.